The first-order valence-corrected chi connectivity index (χ1v) is 6.16. The number of carbonyl (C=O) groups excluding carboxylic acids is 1. The summed E-state index contributed by atoms with van der Waals surface area (Å²) in [5.41, 5.74) is 1.29. The number of benzene rings is 1. The Balaban J connectivity index is 0.000000352. The van der Waals surface area contributed by atoms with Crippen molar-refractivity contribution in [1.29, 1.82) is 0 Å². The molecule has 1 aliphatic carbocycles. The van der Waals surface area contributed by atoms with E-state index in [0.717, 1.165) is 0 Å². The average molecular weight is 484 g/mol. The second kappa shape index (κ2) is 10.2. The standard InChI is InChI=1S/C8H11O3.C7H7.U/c9-5-6-1-3-7(4-2-6)8(10)11;1-7-5-3-2-4-6-7;/h6-7H,1-4H2,(H,10,11);3-6H,1H3;/q2*-1;+2. The average Bonchev–Trinajstić information content (AvgIpc) is 2.40. The fourth-order valence-electron chi connectivity index (χ4n) is 1.93. The number of carboxylic acids is 1. The SMILES string of the molecule is Cc1cc[c-]cc1.O=[C-]C1CCC(C(=O)O)CC1.[U+2]. The largest absolute Gasteiger partial charge is 2.00 e. The van der Waals surface area contributed by atoms with Crippen LogP contribution >= 0.6 is 0 Å². The minimum atomic E-state index is -0.727. The Bertz CT molecular complexity index is 370. The molecule has 1 fully saturated rings. The van der Waals surface area contributed by atoms with Crippen LogP contribution in [0.2, 0.25) is 0 Å². The van der Waals surface area contributed by atoms with E-state index < -0.39 is 5.97 Å². The molecule has 0 spiro atoms. The molecule has 1 aliphatic rings. The van der Waals surface area contributed by atoms with Gasteiger partial charge in [-0.15, -0.1) is 5.92 Å². The Morgan fingerprint density at radius 3 is 2.11 bits per heavy atom. The van der Waals surface area contributed by atoms with Gasteiger partial charge >= 0.3 is 37.1 Å². The third-order valence-electron chi connectivity index (χ3n) is 3.13. The van der Waals surface area contributed by atoms with Crippen LogP contribution in [0.1, 0.15) is 31.2 Å². The van der Waals surface area contributed by atoms with Gasteiger partial charge in [0.1, 0.15) is 0 Å². The Hall–Kier alpha value is -0.588. The number of carbonyl (C=O) groups is 1. The van der Waals surface area contributed by atoms with Crippen molar-refractivity contribution in [1.82, 2.24) is 0 Å². The molecule has 1 N–H and O–H groups in total. The molecule has 2 rings (SSSR count). The topological polar surface area (TPSA) is 54.4 Å². The Morgan fingerprint density at radius 2 is 1.79 bits per heavy atom. The summed E-state index contributed by atoms with van der Waals surface area (Å²) < 4.78 is 0. The van der Waals surface area contributed by atoms with Gasteiger partial charge in [0.2, 0.25) is 0 Å². The molecule has 0 heterocycles. The molecule has 0 aliphatic heterocycles. The first-order chi connectivity index (χ1) is 8.63. The van der Waals surface area contributed by atoms with Crippen LogP contribution in [0.25, 0.3) is 0 Å². The van der Waals surface area contributed by atoms with Gasteiger partial charge in [-0.1, -0.05) is 19.8 Å². The summed E-state index contributed by atoms with van der Waals surface area (Å²) in [6.45, 7) is 2.06. The maximum Gasteiger partial charge on any atom is 2.00 e. The molecular weight excluding hydrogens is 466 g/mol. The van der Waals surface area contributed by atoms with Crippen LogP contribution in [0.3, 0.4) is 0 Å². The summed E-state index contributed by atoms with van der Waals surface area (Å²) in [4.78, 5) is 20.6. The molecule has 100 valence electrons. The quantitative estimate of drug-likeness (QED) is 0.658. The van der Waals surface area contributed by atoms with Crippen molar-refractivity contribution in [3.63, 3.8) is 0 Å². The minimum absolute atomic E-state index is 0. The summed E-state index contributed by atoms with van der Waals surface area (Å²) in [6.07, 6.45) is 4.58. The number of aryl methyl sites for hydroxylation is 1. The Morgan fingerprint density at radius 1 is 1.26 bits per heavy atom. The fraction of sp³-hybridized carbons (Fsp3) is 0.467. The van der Waals surface area contributed by atoms with E-state index in [0.29, 0.717) is 25.7 Å². The summed E-state index contributed by atoms with van der Waals surface area (Å²) >= 11 is 0. The van der Waals surface area contributed by atoms with Gasteiger partial charge in [-0.05, 0) is 12.8 Å². The first kappa shape index (κ1) is 18.4. The van der Waals surface area contributed by atoms with Crippen LogP contribution < -0.4 is 0 Å². The van der Waals surface area contributed by atoms with Gasteiger partial charge in [-0.25, -0.2) is 0 Å². The van der Waals surface area contributed by atoms with Crippen LogP contribution in [-0.4, -0.2) is 17.4 Å². The fourth-order valence-corrected chi connectivity index (χ4v) is 1.93. The van der Waals surface area contributed by atoms with E-state index >= 15 is 0 Å². The molecular formula is C15H18O3U. The number of hydrogen-bond acceptors (Lipinski definition) is 2. The zero-order chi connectivity index (χ0) is 13.4. The van der Waals surface area contributed by atoms with Crippen LogP contribution in [-0.2, 0) is 9.59 Å². The van der Waals surface area contributed by atoms with Gasteiger partial charge in [0, 0.05) is 0 Å². The predicted molar refractivity (Wildman–Crippen MR) is 68.8 cm³/mol. The molecule has 1 saturated carbocycles. The molecule has 3 nitrogen and oxygen atoms in total. The summed E-state index contributed by atoms with van der Waals surface area (Å²) in [5, 5.41) is 8.60. The molecule has 0 aromatic heterocycles. The molecule has 0 radical (unpaired) electrons. The van der Waals surface area contributed by atoms with E-state index in [1.807, 2.05) is 30.6 Å². The van der Waals surface area contributed by atoms with Crippen LogP contribution in [0.5, 0.6) is 0 Å². The summed E-state index contributed by atoms with van der Waals surface area (Å²) in [7, 11) is 0. The van der Waals surface area contributed by atoms with E-state index in [4.69, 9.17) is 5.11 Å². The summed E-state index contributed by atoms with van der Waals surface area (Å²) in [6, 6.07) is 10.8. The van der Waals surface area contributed by atoms with Crippen LogP contribution in [0.4, 0.5) is 0 Å². The van der Waals surface area contributed by atoms with Gasteiger partial charge in [0.05, 0.1) is 5.92 Å². The van der Waals surface area contributed by atoms with E-state index in [-0.39, 0.29) is 42.9 Å². The molecule has 1 aromatic rings. The van der Waals surface area contributed by atoms with Crippen molar-refractivity contribution in [2.75, 3.05) is 0 Å². The maximum absolute atomic E-state index is 10.5. The van der Waals surface area contributed by atoms with Crippen molar-refractivity contribution in [2.24, 2.45) is 11.8 Å². The molecule has 0 atom stereocenters. The van der Waals surface area contributed by atoms with Crippen molar-refractivity contribution in [2.45, 2.75) is 32.6 Å². The number of rotatable bonds is 2. The Kier molecular flexibility index (Phi) is 9.91. The second-order valence-electron chi connectivity index (χ2n) is 4.58. The van der Waals surface area contributed by atoms with Crippen molar-refractivity contribution in [3.05, 3.63) is 35.9 Å². The zero-order valence-corrected chi connectivity index (χ0v) is 15.2. The maximum atomic E-state index is 10.5. The van der Waals surface area contributed by atoms with Gasteiger partial charge in [-0.3, -0.25) is 11.1 Å². The van der Waals surface area contributed by atoms with Crippen molar-refractivity contribution >= 4 is 12.3 Å². The van der Waals surface area contributed by atoms with Gasteiger partial charge in [-0.2, -0.15) is 35.9 Å². The van der Waals surface area contributed by atoms with Gasteiger partial charge < -0.3 is 9.90 Å². The normalized spacial score (nSPS) is 21.3. The molecule has 19 heavy (non-hydrogen) atoms. The molecule has 1 aromatic carbocycles. The van der Waals surface area contributed by atoms with E-state index in [1.54, 1.807) is 0 Å². The third kappa shape index (κ3) is 7.55. The van der Waals surface area contributed by atoms with Crippen molar-refractivity contribution < 1.29 is 45.8 Å². The minimum Gasteiger partial charge on any atom is -0.542 e. The van der Waals surface area contributed by atoms with Crippen LogP contribution in [0.15, 0.2) is 24.3 Å². The van der Waals surface area contributed by atoms with Crippen molar-refractivity contribution in [3.8, 4) is 0 Å². The van der Waals surface area contributed by atoms with Crippen LogP contribution in [0, 0.1) is 55.9 Å². The third-order valence-corrected chi connectivity index (χ3v) is 3.13. The number of hydrogen-bond donors (Lipinski definition) is 1. The monoisotopic (exact) mass is 484 g/mol. The predicted octanol–water partition coefficient (Wildman–Crippen LogP) is 2.78. The van der Waals surface area contributed by atoms with Gasteiger partial charge in [0.25, 0.3) is 0 Å². The summed E-state index contributed by atoms with van der Waals surface area (Å²) in [5.74, 6) is -0.959. The zero-order valence-electron chi connectivity index (χ0n) is 11.1. The van der Waals surface area contributed by atoms with Gasteiger partial charge in [0.15, 0.2) is 0 Å². The Labute approximate surface area is 138 Å². The first-order valence-electron chi connectivity index (χ1n) is 6.16. The number of aliphatic carboxylic acids is 1. The van der Waals surface area contributed by atoms with E-state index in [2.05, 4.69) is 13.0 Å². The molecule has 0 bridgehead atoms. The van der Waals surface area contributed by atoms with E-state index in [1.165, 1.54) is 5.56 Å². The molecule has 0 amide bonds. The van der Waals surface area contributed by atoms with E-state index in [9.17, 15) is 9.59 Å². The molecule has 4 heteroatoms. The molecule has 0 unspecified atom stereocenters. The molecule has 0 saturated heterocycles. The number of carboxylic acid groups (broad SMARTS) is 1. The smallest absolute Gasteiger partial charge is 0.542 e. The second-order valence-corrected chi connectivity index (χ2v) is 4.58.